The summed E-state index contributed by atoms with van der Waals surface area (Å²) in [6.07, 6.45) is 7.34. The van der Waals surface area contributed by atoms with Crippen LogP contribution in [0.3, 0.4) is 0 Å². The van der Waals surface area contributed by atoms with E-state index in [1.807, 2.05) is 30.5 Å². The van der Waals surface area contributed by atoms with Crippen molar-refractivity contribution in [2.24, 2.45) is 11.3 Å². The fraction of sp³-hybridized carbons (Fsp3) is 0.360. The highest BCUT2D eigenvalue weighted by Gasteiger charge is 2.58. The van der Waals surface area contributed by atoms with E-state index in [0.717, 1.165) is 49.1 Å². The molecule has 1 heterocycles. The minimum atomic E-state index is 0.128. The predicted octanol–water partition coefficient (Wildman–Crippen LogP) is 6.20. The normalized spacial score (nSPS) is 25.3. The van der Waals surface area contributed by atoms with Crippen LogP contribution in [0.2, 0.25) is 5.02 Å². The van der Waals surface area contributed by atoms with Crippen molar-refractivity contribution < 1.29 is 9.53 Å². The lowest BCUT2D eigenvalue weighted by atomic mass is 9.75. The third-order valence-electron chi connectivity index (χ3n) is 7.02. The van der Waals surface area contributed by atoms with Gasteiger partial charge in [0.1, 0.15) is 5.75 Å². The molecule has 2 aliphatic rings. The van der Waals surface area contributed by atoms with Gasteiger partial charge in [-0.2, -0.15) is 0 Å². The molecule has 0 aliphatic heterocycles. The number of rotatable bonds is 4. The lowest BCUT2D eigenvalue weighted by Gasteiger charge is -2.30. The van der Waals surface area contributed by atoms with Gasteiger partial charge >= 0.3 is 0 Å². The van der Waals surface area contributed by atoms with Crippen LogP contribution in [0.5, 0.6) is 5.75 Å². The van der Waals surface area contributed by atoms with Crippen molar-refractivity contribution in [3.63, 3.8) is 0 Å². The Morgan fingerprint density at radius 1 is 1.13 bits per heavy atom. The van der Waals surface area contributed by atoms with Crippen LogP contribution >= 0.6 is 11.6 Å². The molecule has 0 bridgehead atoms. The number of aromatic nitrogens is 1. The third kappa shape index (κ3) is 3.54. The van der Waals surface area contributed by atoms with Gasteiger partial charge in [0.25, 0.3) is 0 Å². The number of halogens is 1. The summed E-state index contributed by atoms with van der Waals surface area (Å²) in [6, 6.07) is 15.6. The number of carbonyl (C=O) groups excluding carboxylic acids is 1. The summed E-state index contributed by atoms with van der Waals surface area (Å²) in [5, 5.41) is 4.92. The first-order valence-corrected chi connectivity index (χ1v) is 10.9. The molecule has 1 spiro atoms. The quantitative estimate of drug-likeness (QED) is 0.546. The number of anilines is 1. The van der Waals surface area contributed by atoms with Crippen LogP contribution < -0.4 is 10.1 Å². The van der Waals surface area contributed by atoms with E-state index >= 15 is 0 Å². The molecule has 2 aliphatic carbocycles. The van der Waals surface area contributed by atoms with Crippen LogP contribution in [0.1, 0.15) is 43.6 Å². The number of hydrogen-bond donors (Lipinski definition) is 1. The second-order valence-corrected chi connectivity index (χ2v) is 9.11. The first-order chi connectivity index (χ1) is 14.6. The number of carbonyl (C=O) groups is 1. The molecule has 1 atom stereocenters. The molecule has 1 N–H and O–H groups in total. The molecular weight excluding hydrogens is 396 g/mol. The van der Waals surface area contributed by atoms with Gasteiger partial charge in [0, 0.05) is 28.2 Å². The zero-order valence-electron chi connectivity index (χ0n) is 17.0. The van der Waals surface area contributed by atoms with Gasteiger partial charge in [-0.05, 0) is 97.5 Å². The van der Waals surface area contributed by atoms with E-state index in [1.54, 1.807) is 19.2 Å². The van der Waals surface area contributed by atoms with Crippen LogP contribution in [0.4, 0.5) is 5.69 Å². The Morgan fingerprint density at radius 3 is 2.63 bits per heavy atom. The highest BCUT2D eigenvalue weighted by molar-refractivity contribution is 6.30. The summed E-state index contributed by atoms with van der Waals surface area (Å²) < 4.78 is 5.42. The Labute approximate surface area is 181 Å². The van der Waals surface area contributed by atoms with Gasteiger partial charge in [0.2, 0.25) is 5.91 Å². The molecule has 5 heteroatoms. The minimum Gasteiger partial charge on any atom is -0.497 e. The van der Waals surface area contributed by atoms with Crippen LogP contribution in [0, 0.1) is 11.3 Å². The average Bonchev–Trinajstić information content (AvgIpc) is 3.48. The molecule has 2 aromatic carbocycles. The summed E-state index contributed by atoms with van der Waals surface area (Å²) >= 11 is 5.93. The van der Waals surface area contributed by atoms with E-state index < -0.39 is 0 Å². The molecule has 1 amide bonds. The van der Waals surface area contributed by atoms with E-state index in [9.17, 15) is 4.79 Å². The van der Waals surface area contributed by atoms with Crippen molar-refractivity contribution >= 4 is 34.1 Å². The van der Waals surface area contributed by atoms with Gasteiger partial charge in [-0.3, -0.25) is 9.78 Å². The predicted molar refractivity (Wildman–Crippen MR) is 120 cm³/mol. The standard InChI is InChI=1S/C25H25ClN2O2/c1-30-19-6-7-23-21(14-19)20(10-13-27-23)16-8-11-25(12-9-16)15-22(25)24(29)28-18-4-2-17(26)3-5-18/h2-7,10,13-14,16,22H,8-9,11-12,15H2,1H3,(H,28,29)/t16-,22-,25+/m1/s1. The zero-order valence-corrected chi connectivity index (χ0v) is 17.8. The Hall–Kier alpha value is -2.59. The van der Waals surface area contributed by atoms with Crippen molar-refractivity contribution in [1.29, 1.82) is 0 Å². The maximum atomic E-state index is 12.8. The summed E-state index contributed by atoms with van der Waals surface area (Å²) in [4.78, 5) is 17.3. The number of hydrogen-bond acceptors (Lipinski definition) is 3. The van der Waals surface area contributed by atoms with Crippen LogP contribution in [-0.4, -0.2) is 18.0 Å². The van der Waals surface area contributed by atoms with Crippen molar-refractivity contribution in [3.05, 3.63) is 65.3 Å². The fourth-order valence-electron chi connectivity index (χ4n) is 5.17. The number of benzene rings is 2. The largest absolute Gasteiger partial charge is 0.497 e. The number of pyridine rings is 1. The van der Waals surface area contributed by atoms with Crippen molar-refractivity contribution in [1.82, 2.24) is 4.98 Å². The monoisotopic (exact) mass is 420 g/mol. The Bertz CT molecular complexity index is 1090. The molecule has 2 fully saturated rings. The smallest absolute Gasteiger partial charge is 0.228 e. The Morgan fingerprint density at radius 2 is 1.90 bits per heavy atom. The lowest BCUT2D eigenvalue weighted by molar-refractivity contribution is -0.118. The highest BCUT2D eigenvalue weighted by Crippen LogP contribution is 2.63. The highest BCUT2D eigenvalue weighted by atomic mass is 35.5. The second kappa shape index (κ2) is 7.59. The number of nitrogens with one attached hydrogen (secondary N) is 1. The summed E-state index contributed by atoms with van der Waals surface area (Å²) in [7, 11) is 1.70. The molecule has 1 aromatic heterocycles. The molecular formula is C25H25ClN2O2. The minimum absolute atomic E-state index is 0.128. The molecule has 30 heavy (non-hydrogen) atoms. The van der Waals surface area contributed by atoms with Crippen LogP contribution in [0.15, 0.2) is 54.7 Å². The number of amides is 1. The number of nitrogens with zero attached hydrogens (tertiary/aromatic N) is 1. The Balaban J connectivity index is 1.27. The second-order valence-electron chi connectivity index (χ2n) is 8.67. The molecule has 0 unspecified atom stereocenters. The molecule has 4 nitrogen and oxygen atoms in total. The van der Waals surface area contributed by atoms with E-state index in [-0.39, 0.29) is 17.2 Å². The van der Waals surface area contributed by atoms with Crippen LogP contribution in [0.25, 0.3) is 10.9 Å². The van der Waals surface area contributed by atoms with Gasteiger partial charge in [-0.15, -0.1) is 0 Å². The number of methoxy groups -OCH3 is 1. The molecule has 5 rings (SSSR count). The van der Waals surface area contributed by atoms with E-state index in [4.69, 9.17) is 16.3 Å². The van der Waals surface area contributed by atoms with Crippen LogP contribution in [-0.2, 0) is 4.79 Å². The molecule has 0 radical (unpaired) electrons. The maximum absolute atomic E-state index is 12.8. The van der Waals surface area contributed by atoms with Crippen molar-refractivity contribution in [2.45, 2.75) is 38.0 Å². The third-order valence-corrected chi connectivity index (χ3v) is 7.27. The maximum Gasteiger partial charge on any atom is 0.228 e. The zero-order chi connectivity index (χ0) is 20.7. The molecule has 154 valence electrons. The van der Waals surface area contributed by atoms with Gasteiger partial charge in [0.15, 0.2) is 0 Å². The van der Waals surface area contributed by atoms with E-state index in [2.05, 4.69) is 22.4 Å². The van der Waals surface area contributed by atoms with Gasteiger partial charge < -0.3 is 10.1 Å². The molecule has 2 saturated carbocycles. The van der Waals surface area contributed by atoms with E-state index in [0.29, 0.717) is 10.9 Å². The van der Waals surface area contributed by atoms with Crippen molar-refractivity contribution in [2.75, 3.05) is 12.4 Å². The number of ether oxygens (including phenoxy) is 1. The number of fused-ring (bicyclic) bond motifs is 1. The van der Waals surface area contributed by atoms with Gasteiger partial charge in [0.05, 0.1) is 12.6 Å². The van der Waals surface area contributed by atoms with Gasteiger partial charge in [-0.25, -0.2) is 0 Å². The summed E-state index contributed by atoms with van der Waals surface area (Å²) in [5.74, 6) is 1.65. The summed E-state index contributed by atoms with van der Waals surface area (Å²) in [6.45, 7) is 0. The molecule has 0 saturated heterocycles. The first-order valence-electron chi connectivity index (χ1n) is 10.6. The lowest BCUT2D eigenvalue weighted by Crippen LogP contribution is -2.22. The van der Waals surface area contributed by atoms with Crippen molar-refractivity contribution in [3.8, 4) is 5.75 Å². The Kier molecular flexibility index (Phi) is 4.90. The summed E-state index contributed by atoms with van der Waals surface area (Å²) in [5.41, 5.74) is 3.38. The average molecular weight is 421 g/mol. The first kappa shape index (κ1) is 19.4. The fourth-order valence-corrected chi connectivity index (χ4v) is 5.29. The van der Waals surface area contributed by atoms with E-state index in [1.165, 1.54) is 10.9 Å². The SMILES string of the molecule is COc1ccc2nccc([C@H]3CC[C@@]4(CC3)C[C@@H]4C(=O)Nc3ccc(Cl)cc3)c2c1. The topological polar surface area (TPSA) is 51.2 Å². The van der Waals surface area contributed by atoms with Gasteiger partial charge in [-0.1, -0.05) is 11.6 Å². The molecule has 3 aromatic rings.